The highest BCUT2D eigenvalue weighted by atomic mass is 32.2. The van der Waals surface area contributed by atoms with Gasteiger partial charge in [0.25, 0.3) is 10.0 Å². The van der Waals surface area contributed by atoms with E-state index in [4.69, 9.17) is 0 Å². The Morgan fingerprint density at radius 2 is 1.75 bits per heavy atom. The van der Waals surface area contributed by atoms with Gasteiger partial charge in [0.15, 0.2) is 0 Å². The standard InChI is InChI=1S/C18H14N2O3S/c21-18-11-13-10-14(8-9-16(13)19-18)20-24(22,23)17-7-3-5-12-4-1-2-6-15(12)17/h1-10,20H,11H2,(H,19,21). The summed E-state index contributed by atoms with van der Waals surface area (Å²) in [5, 5.41) is 4.26. The molecule has 120 valence electrons. The van der Waals surface area contributed by atoms with Crippen LogP contribution in [0.4, 0.5) is 11.4 Å². The van der Waals surface area contributed by atoms with Gasteiger partial charge in [-0.1, -0.05) is 36.4 Å². The minimum absolute atomic E-state index is 0.0842. The van der Waals surface area contributed by atoms with Gasteiger partial charge in [-0.15, -0.1) is 0 Å². The fourth-order valence-electron chi connectivity index (χ4n) is 2.93. The molecule has 24 heavy (non-hydrogen) atoms. The van der Waals surface area contributed by atoms with Crippen LogP contribution in [-0.2, 0) is 21.2 Å². The van der Waals surface area contributed by atoms with Crippen LogP contribution in [0.15, 0.2) is 65.6 Å². The zero-order chi connectivity index (χ0) is 16.7. The fourth-order valence-corrected chi connectivity index (χ4v) is 4.21. The van der Waals surface area contributed by atoms with E-state index in [9.17, 15) is 13.2 Å². The molecule has 1 amide bonds. The van der Waals surface area contributed by atoms with Crippen LogP contribution in [0.3, 0.4) is 0 Å². The van der Waals surface area contributed by atoms with Gasteiger partial charge >= 0.3 is 0 Å². The largest absolute Gasteiger partial charge is 0.326 e. The molecule has 0 saturated heterocycles. The zero-order valence-corrected chi connectivity index (χ0v) is 13.4. The van der Waals surface area contributed by atoms with Gasteiger partial charge in [-0.3, -0.25) is 9.52 Å². The highest BCUT2D eigenvalue weighted by Crippen LogP contribution is 2.29. The van der Waals surface area contributed by atoms with Crippen molar-refractivity contribution in [1.82, 2.24) is 0 Å². The Balaban J connectivity index is 1.74. The van der Waals surface area contributed by atoms with Crippen LogP contribution in [0.25, 0.3) is 10.8 Å². The van der Waals surface area contributed by atoms with Gasteiger partial charge in [0.1, 0.15) is 0 Å². The summed E-state index contributed by atoms with van der Waals surface area (Å²) in [6.07, 6.45) is 0.263. The lowest BCUT2D eigenvalue weighted by Crippen LogP contribution is -2.13. The molecule has 1 aliphatic heterocycles. The highest BCUT2D eigenvalue weighted by Gasteiger charge is 2.21. The first-order chi connectivity index (χ1) is 11.5. The van der Waals surface area contributed by atoms with Crippen LogP contribution < -0.4 is 10.0 Å². The van der Waals surface area contributed by atoms with Crippen molar-refractivity contribution in [3.63, 3.8) is 0 Å². The summed E-state index contributed by atoms with van der Waals surface area (Å²) >= 11 is 0. The second kappa shape index (κ2) is 5.35. The second-order valence-electron chi connectivity index (χ2n) is 5.68. The number of carbonyl (C=O) groups is 1. The van der Waals surface area contributed by atoms with Gasteiger partial charge in [0.05, 0.1) is 11.3 Å². The SMILES string of the molecule is O=C1Cc2cc(NS(=O)(=O)c3cccc4ccccc34)ccc2N1. The molecule has 0 aromatic heterocycles. The molecular formula is C18H14N2O3S. The minimum atomic E-state index is -3.73. The number of benzene rings is 3. The molecule has 0 unspecified atom stereocenters. The van der Waals surface area contributed by atoms with Gasteiger partial charge in [-0.25, -0.2) is 8.42 Å². The average Bonchev–Trinajstić information content (AvgIpc) is 2.93. The summed E-state index contributed by atoms with van der Waals surface area (Å²) < 4.78 is 28.2. The Labute approximate surface area is 139 Å². The van der Waals surface area contributed by atoms with Crippen LogP contribution in [0, 0.1) is 0 Å². The van der Waals surface area contributed by atoms with E-state index in [2.05, 4.69) is 10.0 Å². The molecule has 5 nitrogen and oxygen atoms in total. The molecule has 1 aliphatic rings. The quantitative estimate of drug-likeness (QED) is 0.770. The first-order valence-electron chi connectivity index (χ1n) is 7.46. The first-order valence-corrected chi connectivity index (χ1v) is 8.95. The van der Waals surface area contributed by atoms with Crippen molar-refractivity contribution in [1.29, 1.82) is 0 Å². The lowest BCUT2D eigenvalue weighted by Gasteiger charge is -2.11. The minimum Gasteiger partial charge on any atom is -0.326 e. The van der Waals surface area contributed by atoms with E-state index < -0.39 is 10.0 Å². The van der Waals surface area contributed by atoms with E-state index in [1.54, 1.807) is 36.4 Å². The average molecular weight is 338 g/mol. The van der Waals surface area contributed by atoms with Crippen LogP contribution in [-0.4, -0.2) is 14.3 Å². The fraction of sp³-hybridized carbons (Fsp3) is 0.0556. The predicted molar refractivity (Wildman–Crippen MR) is 93.5 cm³/mol. The normalized spacial score (nSPS) is 13.6. The van der Waals surface area contributed by atoms with Crippen molar-refractivity contribution >= 4 is 38.1 Å². The Morgan fingerprint density at radius 1 is 0.958 bits per heavy atom. The molecule has 4 rings (SSSR count). The zero-order valence-electron chi connectivity index (χ0n) is 12.6. The third-order valence-electron chi connectivity index (χ3n) is 4.02. The number of amides is 1. The van der Waals surface area contributed by atoms with E-state index in [1.807, 2.05) is 24.3 Å². The van der Waals surface area contributed by atoms with Crippen molar-refractivity contribution in [2.24, 2.45) is 0 Å². The third kappa shape index (κ3) is 2.51. The van der Waals surface area contributed by atoms with Gasteiger partial charge in [-0.2, -0.15) is 0 Å². The van der Waals surface area contributed by atoms with Crippen LogP contribution in [0.1, 0.15) is 5.56 Å². The summed E-state index contributed by atoms with van der Waals surface area (Å²) in [5.41, 5.74) is 1.96. The van der Waals surface area contributed by atoms with E-state index in [0.29, 0.717) is 11.1 Å². The van der Waals surface area contributed by atoms with Crippen molar-refractivity contribution in [2.75, 3.05) is 10.0 Å². The Kier molecular flexibility index (Phi) is 3.28. The maximum atomic E-state index is 12.8. The molecule has 2 N–H and O–H groups in total. The van der Waals surface area contributed by atoms with Gasteiger partial charge < -0.3 is 5.32 Å². The molecule has 0 atom stereocenters. The molecule has 1 heterocycles. The van der Waals surface area contributed by atoms with Crippen molar-refractivity contribution in [3.05, 3.63) is 66.2 Å². The molecule has 0 spiro atoms. The topological polar surface area (TPSA) is 75.3 Å². The molecule has 6 heteroatoms. The number of nitrogens with one attached hydrogen (secondary N) is 2. The lowest BCUT2D eigenvalue weighted by atomic mass is 10.1. The number of anilines is 2. The molecule has 0 fully saturated rings. The highest BCUT2D eigenvalue weighted by molar-refractivity contribution is 7.93. The molecule has 0 aliphatic carbocycles. The lowest BCUT2D eigenvalue weighted by molar-refractivity contribution is -0.115. The summed E-state index contributed by atoms with van der Waals surface area (Å²) in [6, 6.07) is 17.6. The molecule has 0 radical (unpaired) electrons. The van der Waals surface area contributed by atoms with E-state index in [1.165, 1.54) is 0 Å². The van der Waals surface area contributed by atoms with Crippen molar-refractivity contribution in [3.8, 4) is 0 Å². The van der Waals surface area contributed by atoms with Crippen LogP contribution in [0.2, 0.25) is 0 Å². The Morgan fingerprint density at radius 3 is 2.62 bits per heavy atom. The number of hydrogen-bond acceptors (Lipinski definition) is 3. The predicted octanol–water partition coefficient (Wildman–Crippen LogP) is 3.14. The summed E-state index contributed by atoms with van der Waals surface area (Å²) in [7, 11) is -3.73. The molecule has 3 aromatic carbocycles. The molecular weight excluding hydrogens is 324 g/mol. The van der Waals surface area contributed by atoms with Gasteiger partial charge in [-0.05, 0) is 35.2 Å². The molecule has 0 saturated carbocycles. The maximum absolute atomic E-state index is 12.8. The number of fused-ring (bicyclic) bond motifs is 2. The Bertz CT molecular complexity index is 1070. The summed E-state index contributed by atoms with van der Waals surface area (Å²) in [6.45, 7) is 0. The number of rotatable bonds is 3. The summed E-state index contributed by atoms with van der Waals surface area (Å²) in [4.78, 5) is 11.6. The second-order valence-corrected chi connectivity index (χ2v) is 7.33. The van der Waals surface area contributed by atoms with Gasteiger partial charge in [0.2, 0.25) is 5.91 Å². The Hall–Kier alpha value is -2.86. The van der Waals surface area contributed by atoms with Crippen LogP contribution in [0.5, 0.6) is 0 Å². The van der Waals surface area contributed by atoms with Crippen molar-refractivity contribution in [2.45, 2.75) is 11.3 Å². The van der Waals surface area contributed by atoms with E-state index in [-0.39, 0.29) is 17.2 Å². The first kappa shape index (κ1) is 14.7. The smallest absolute Gasteiger partial charge is 0.262 e. The third-order valence-corrected chi connectivity index (χ3v) is 5.46. The summed E-state index contributed by atoms with van der Waals surface area (Å²) in [5.74, 6) is -0.0842. The maximum Gasteiger partial charge on any atom is 0.262 e. The number of carbonyl (C=O) groups excluding carboxylic acids is 1. The van der Waals surface area contributed by atoms with E-state index >= 15 is 0 Å². The molecule has 0 bridgehead atoms. The van der Waals surface area contributed by atoms with Crippen LogP contribution >= 0.6 is 0 Å². The monoisotopic (exact) mass is 338 g/mol. The number of hydrogen-bond donors (Lipinski definition) is 2. The van der Waals surface area contributed by atoms with E-state index in [0.717, 1.165) is 16.6 Å². The van der Waals surface area contributed by atoms with Gasteiger partial charge in [0, 0.05) is 16.8 Å². The number of sulfonamides is 1. The molecule has 3 aromatic rings. The van der Waals surface area contributed by atoms with Crippen molar-refractivity contribution < 1.29 is 13.2 Å².